The monoisotopic (exact) mass is 357 g/mol. The van der Waals surface area contributed by atoms with Crippen LogP contribution in [0.4, 0.5) is 4.39 Å². The minimum absolute atomic E-state index is 0. The molecule has 2 fully saturated rings. The first-order valence-electron chi connectivity index (χ1n) is 8.88. The summed E-state index contributed by atoms with van der Waals surface area (Å²) in [5.74, 6) is 0.481. The summed E-state index contributed by atoms with van der Waals surface area (Å²) in [5, 5.41) is 14.1. The summed E-state index contributed by atoms with van der Waals surface area (Å²) in [4.78, 5) is 0. The molecule has 0 radical (unpaired) electrons. The van der Waals surface area contributed by atoms with Crippen LogP contribution in [0.3, 0.4) is 0 Å². The second-order valence-electron chi connectivity index (χ2n) is 7.16. The van der Waals surface area contributed by atoms with Crippen molar-refractivity contribution in [2.75, 3.05) is 7.11 Å². The van der Waals surface area contributed by atoms with Gasteiger partial charge in [0, 0.05) is 19.2 Å². The van der Waals surface area contributed by atoms with Crippen LogP contribution in [0.1, 0.15) is 56.6 Å². The molecule has 5 heteroatoms. The zero-order valence-electron chi connectivity index (χ0n) is 14.3. The summed E-state index contributed by atoms with van der Waals surface area (Å²) < 4.78 is 18.8. The number of hydrogen-bond donors (Lipinski definition) is 2. The summed E-state index contributed by atoms with van der Waals surface area (Å²) in [5.41, 5.74) is 0.670. The van der Waals surface area contributed by atoms with Gasteiger partial charge < -0.3 is 15.2 Å². The first-order valence-corrected chi connectivity index (χ1v) is 8.88. The first-order chi connectivity index (χ1) is 11.2. The number of benzene rings is 1. The third-order valence-corrected chi connectivity index (χ3v) is 5.59. The van der Waals surface area contributed by atoms with Crippen LogP contribution < -0.4 is 5.32 Å². The van der Waals surface area contributed by atoms with E-state index in [1.54, 1.807) is 12.1 Å². The van der Waals surface area contributed by atoms with E-state index < -0.39 is 6.10 Å². The van der Waals surface area contributed by atoms with E-state index in [1.807, 2.05) is 7.11 Å². The molecular weight excluding hydrogens is 329 g/mol. The maximum Gasteiger partial charge on any atom is 0.123 e. The Kier molecular flexibility index (Phi) is 7.48. The van der Waals surface area contributed by atoms with Crippen molar-refractivity contribution < 1.29 is 14.2 Å². The molecule has 1 saturated carbocycles. The van der Waals surface area contributed by atoms with Crippen LogP contribution in [-0.4, -0.2) is 30.4 Å². The van der Waals surface area contributed by atoms with Gasteiger partial charge in [0.15, 0.2) is 0 Å². The van der Waals surface area contributed by atoms with Gasteiger partial charge in [0.25, 0.3) is 0 Å². The fourth-order valence-electron chi connectivity index (χ4n) is 4.21. The summed E-state index contributed by atoms with van der Waals surface area (Å²) >= 11 is 0. The van der Waals surface area contributed by atoms with Gasteiger partial charge in [0.05, 0.1) is 12.2 Å². The molecule has 0 unspecified atom stereocenters. The minimum atomic E-state index is -0.625. The number of halogens is 2. The highest BCUT2D eigenvalue weighted by Gasteiger charge is 2.32. The van der Waals surface area contributed by atoms with Gasteiger partial charge >= 0.3 is 0 Å². The van der Waals surface area contributed by atoms with Crippen molar-refractivity contribution in [1.82, 2.24) is 5.32 Å². The largest absolute Gasteiger partial charge is 0.387 e. The van der Waals surface area contributed by atoms with Crippen LogP contribution in [0.5, 0.6) is 0 Å². The Labute approximate surface area is 150 Å². The molecule has 1 aromatic rings. The van der Waals surface area contributed by atoms with E-state index in [0.717, 1.165) is 18.8 Å². The van der Waals surface area contributed by atoms with Crippen molar-refractivity contribution >= 4 is 12.4 Å². The number of nitrogens with one attached hydrogen (secondary N) is 1. The van der Waals surface area contributed by atoms with Gasteiger partial charge in [0.2, 0.25) is 0 Å². The summed E-state index contributed by atoms with van der Waals surface area (Å²) in [7, 11) is 1.81. The zero-order valence-corrected chi connectivity index (χ0v) is 15.1. The Bertz CT molecular complexity index is 508. The molecule has 0 amide bonds. The second-order valence-corrected chi connectivity index (χ2v) is 7.16. The van der Waals surface area contributed by atoms with Crippen molar-refractivity contribution in [3.05, 3.63) is 35.6 Å². The normalized spacial score (nSPS) is 31.5. The maximum absolute atomic E-state index is 13.3. The van der Waals surface area contributed by atoms with Gasteiger partial charge in [-0.05, 0) is 68.6 Å². The van der Waals surface area contributed by atoms with Gasteiger partial charge in [-0.2, -0.15) is 0 Å². The molecule has 3 rings (SSSR count). The van der Waals surface area contributed by atoms with E-state index in [4.69, 9.17) is 4.74 Å². The van der Waals surface area contributed by atoms with Crippen LogP contribution in [0.15, 0.2) is 24.3 Å². The SMILES string of the molecule is COC1CCC(C[C@H]2CC[C@H]([C@H](O)c3cccc(F)c3)N2)CC1.Cl. The lowest BCUT2D eigenvalue weighted by molar-refractivity contribution is 0.0538. The molecule has 1 aliphatic carbocycles. The number of methoxy groups -OCH3 is 1. The highest BCUT2D eigenvalue weighted by molar-refractivity contribution is 5.85. The third kappa shape index (κ3) is 4.92. The van der Waals surface area contributed by atoms with Crippen LogP contribution in [0.2, 0.25) is 0 Å². The van der Waals surface area contributed by atoms with Crippen molar-refractivity contribution in [1.29, 1.82) is 0 Å². The summed E-state index contributed by atoms with van der Waals surface area (Å²) in [6.07, 6.45) is 7.89. The standard InChI is InChI=1S/C19H28FNO2.ClH/c1-23-17-8-5-13(6-9-17)11-16-7-10-18(21-16)19(22)14-3-2-4-15(20)12-14;/h2-4,12-13,16-19,21-22H,5-11H2,1H3;1H/t13?,16-,17?,18-,19-;/m1./s1. The average molecular weight is 358 g/mol. The quantitative estimate of drug-likeness (QED) is 0.837. The van der Waals surface area contributed by atoms with Gasteiger partial charge in [-0.1, -0.05) is 12.1 Å². The van der Waals surface area contributed by atoms with Crippen molar-refractivity contribution in [3.63, 3.8) is 0 Å². The van der Waals surface area contributed by atoms with E-state index in [2.05, 4.69) is 5.32 Å². The molecule has 1 saturated heterocycles. The van der Waals surface area contributed by atoms with Crippen LogP contribution in [0.25, 0.3) is 0 Å². The average Bonchev–Trinajstić information content (AvgIpc) is 3.03. The Morgan fingerprint density at radius 3 is 2.62 bits per heavy atom. The molecule has 3 nitrogen and oxygen atoms in total. The van der Waals surface area contributed by atoms with Crippen LogP contribution in [0, 0.1) is 11.7 Å². The number of rotatable bonds is 5. The fraction of sp³-hybridized carbons (Fsp3) is 0.684. The maximum atomic E-state index is 13.3. The molecule has 0 aromatic heterocycles. The molecule has 3 atom stereocenters. The molecule has 136 valence electrons. The number of hydrogen-bond acceptors (Lipinski definition) is 3. The van der Waals surface area contributed by atoms with Gasteiger partial charge in [0.1, 0.15) is 5.82 Å². The van der Waals surface area contributed by atoms with Crippen molar-refractivity contribution in [2.45, 2.75) is 69.2 Å². The highest BCUT2D eigenvalue weighted by Crippen LogP contribution is 2.33. The Balaban J connectivity index is 0.00000208. The molecule has 1 heterocycles. The molecule has 2 aliphatic rings. The number of ether oxygens (including phenoxy) is 1. The Morgan fingerprint density at radius 2 is 1.96 bits per heavy atom. The van der Waals surface area contributed by atoms with E-state index in [9.17, 15) is 9.50 Å². The number of aliphatic hydroxyl groups is 1. The lowest BCUT2D eigenvalue weighted by Gasteiger charge is -2.29. The highest BCUT2D eigenvalue weighted by atomic mass is 35.5. The predicted octanol–water partition coefficient (Wildman–Crippen LogP) is 4.00. The lowest BCUT2D eigenvalue weighted by Crippen LogP contribution is -2.35. The minimum Gasteiger partial charge on any atom is -0.387 e. The summed E-state index contributed by atoms with van der Waals surface area (Å²) in [6, 6.07) is 6.83. The molecule has 0 spiro atoms. The zero-order chi connectivity index (χ0) is 16.2. The lowest BCUT2D eigenvalue weighted by atomic mass is 9.83. The van der Waals surface area contributed by atoms with E-state index in [0.29, 0.717) is 17.7 Å². The second kappa shape index (κ2) is 9.14. The smallest absolute Gasteiger partial charge is 0.123 e. The first kappa shape index (κ1) is 19.6. The van der Waals surface area contributed by atoms with Gasteiger partial charge in [-0.3, -0.25) is 0 Å². The molecule has 1 aliphatic heterocycles. The Morgan fingerprint density at radius 1 is 1.21 bits per heavy atom. The predicted molar refractivity (Wildman–Crippen MR) is 95.9 cm³/mol. The van der Waals surface area contributed by atoms with Gasteiger partial charge in [-0.25, -0.2) is 4.39 Å². The molecular formula is C19H29ClFNO2. The van der Waals surface area contributed by atoms with Gasteiger partial charge in [-0.15, -0.1) is 12.4 Å². The van der Waals surface area contributed by atoms with E-state index in [-0.39, 0.29) is 24.3 Å². The topological polar surface area (TPSA) is 41.5 Å². The molecule has 0 bridgehead atoms. The van der Waals surface area contributed by atoms with E-state index in [1.165, 1.54) is 44.2 Å². The van der Waals surface area contributed by atoms with Crippen molar-refractivity contribution in [2.24, 2.45) is 5.92 Å². The fourth-order valence-corrected chi connectivity index (χ4v) is 4.21. The third-order valence-electron chi connectivity index (χ3n) is 5.59. The molecule has 2 N–H and O–H groups in total. The number of aliphatic hydroxyl groups excluding tert-OH is 1. The molecule has 1 aromatic carbocycles. The van der Waals surface area contributed by atoms with Crippen molar-refractivity contribution in [3.8, 4) is 0 Å². The van der Waals surface area contributed by atoms with E-state index >= 15 is 0 Å². The molecule has 24 heavy (non-hydrogen) atoms. The van der Waals surface area contributed by atoms with Crippen LogP contribution >= 0.6 is 12.4 Å². The Hall–Kier alpha value is -0.680. The summed E-state index contributed by atoms with van der Waals surface area (Å²) in [6.45, 7) is 0. The van der Waals surface area contributed by atoms with Crippen LogP contribution in [-0.2, 0) is 4.74 Å².